The molecule has 2 rings (SSSR count). The molecule has 2 heteroatoms. The van der Waals surface area contributed by atoms with Crippen molar-refractivity contribution < 1.29 is 4.74 Å². The topological polar surface area (TPSA) is 9.23 Å². The molecule has 13 heavy (non-hydrogen) atoms. The van der Waals surface area contributed by atoms with E-state index in [1.165, 1.54) is 55.2 Å². The Balaban J connectivity index is 2.11. The van der Waals surface area contributed by atoms with E-state index in [-0.39, 0.29) is 0 Å². The SMILES string of the molecule is CC1(C2([SiH3])CCCCO2)CCCC1. The lowest BCUT2D eigenvalue weighted by Gasteiger charge is -2.47. The molecule has 0 N–H and O–H groups in total. The summed E-state index contributed by atoms with van der Waals surface area (Å²) in [6.07, 6.45) is 9.73. The van der Waals surface area contributed by atoms with Gasteiger partial charge >= 0.3 is 0 Å². The zero-order valence-electron chi connectivity index (χ0n) is 9.07. The molecule has 0 spiro atoms. The Hall–Kier alpha value is 0.177. The monoisotopic (exact) mass is 198 g/mol. The van der Waals surface area contributed by atoms with E-state index in [9.17, 15) is 0 Å². The molecule has 1 saturated carbocycles. The first-order valence-electron chi connectivity index (χ1n) is 5.80. The summed E-state index contributed by atoms with van der Waals surface area (Å²) < 4.78 is 6.11. The quantitative estimate of drug-likeness (QED) is 0.584. The molecule has 0 aromatic heterocycles. The van der Waals surface area contributed by atoms with Gasteiger partial charge in [-0.2, -0.15) is 0 Å². The Bertz CT molecular complexity index is 179. The number of rotatable bonds is 1. The zero-order chi connectivity index (χ0) is 9.36. The summed E-state index contributed by atoms with van der Waals surface area (Å²) in [5, 5.41) is 0.335. The van der Waals surface area contributed by atoms with Crippen molar-refractivity contribution >= 4 is 10.2 Å². The van der Waals surface area contributed by atoms with Gasteiger partial charge in [0.25, 0.3) is 0 Å². The van der Waals surface area contributed by atoms with Crippen LogP contribution in [-0.4, -0.2) is 22.1 Å². The van der Waals surface area contributed by atoms with E-state index in [4.69, 9.17) is 4.74 Å². The third-order valence-electron chi connectivity index (χ3n) is 4.45. The van der Waals surface area contributed by atoms with E-state index >= 15 is 0 Å². The molecule has 0 aromatic rings. The maximum atomic E-state index is 6.11. The van der Waals surface area contributed by atoms with Crippen molar-refractivity contribution in [2.75, 3.05) is 6.61 Å². The predicted octanol–water partition coefficient (Wildman–Crippen LogP) is 1.83. The smallest absolute Gasteiger partial charge is 0.0537 e. The maximum Gasteiger partial charge on any atom is 0.0537 e. The first-order chi connectivity index (χ1) is 6.16. The fourth-order valence-corrected chi connectivity index (χ4v) is 4.15. The molecule has 0 radical (unpaired) electrons. The van der Waals surface area contributed by atoms with Crippen LogP contribution in [0.5, 0.6) is 0 Å². The van der Waals surface area contributed by atoms with Crippen molar-refractivity contribution in [1.82, 2.24) is 0 Å². The van der Waals surface area contributed by atoms with E-state index in [2.05, 4.69) is 6.92 Å². The fraction of sp³-hybridized carbons (Fsp3) is 1.00. The van der Waals surface area contributed by atoms with Crippen LogP contribution in [-0.2, 0) is 4.74 Å². The van der Waals surface area contributed by atoms with E-state index in [1.54, 1.807) is 0 Å². The Morgan fingerprint density at radius 1 is 1.00 bits per heavy atom. The van der Waals surface area contributed by atoms with Gasteiger partial charge in [0.15, 0.2) is 0 Å². The van der Waals surface area contributed by atoms with Gasteiger partial charge in [-0.05, 0) is 37.5 Å². The molecule has 0 bridgehead atoms. The Morgan fingerprint density at radius 2 is 1.62 bits per heavy atom. The Morgan fingerprint density at radius 3 is 2.15 bits per heavy atom. The van der Waals surface area contributed by atoms with E-state index in [1.807, 2.05) is 0 Å². The molecule has 1 nitrogen and oxygen atoms in total. The molecule has 76 valence electrons. The molecular formula is C11H22OSi. The molecule has 0 aromatic carbocycles. The molecule has 1 aliphatic carbocycles. The summed E-state index contributed by atoms with van der Waals surface area (Å²) >= 11 is 0. The normalized spacial score (nSPS) is 39.5. The van der Waals surface area contributed by atoms with Crippen molar-refractivity contribution in [3.63, 3.8) is 0 Å². The Kier molecular flexibility index (Phi) is 2.54. The van der Waals surface area contributed by atoms with Crippen LogP contribution in [0.2, 0.25) is 0 Å². The fourth-order valence-electron chi connectivity index (χ4n) is 3.09. The van der Waals surface area contributed by atoms with Gasteiger partial charge in [0.1, 0.15) is 0 Å². The van der Waals surface area contributed by atoms with Gasteiger partial charge in [0.2, 0.25) is 0 Å². The summed E-state index contributed by atoms with van der Waals surface area (Å²) in [6, 6.07) is 0. The van der Waals surface area contributed by atoms with Crippen LogP contribution >= 0.6 is 0 Å². The maximum absolute atomic E-state index is 6.11. The second-order valence-electron chi connectivity index (χ2n) is 5.30. The minimum absolute atomic E-state index is 0.335. The summed E-state index contributed by atoms with van der Waals surface area (Å²) in [4.78, 5) is 0. The largest absolute Gasteiger partial charge is 0.379 e. The predicted molar refractivity (Wildman–Crippen MR) is 59.0 cm³/mol. The highest BCUT2D eigenvalue weighted by molar-refractivity contribution is 6.15. The lowest BCUT2D eigenvalue weighted by molar-refractivity contribution is -0.0940. The molecular weight excluding hydrogens is 176 g/mol. The van der Waals surface area contributed by atoms with Gasteiger partial charge in [-0.25, -0.2) is 0 Å². The minimum Gasteiger partial charge on any atom is -0.379 e. The second-order valence-corrected chi connectivity index (χ2v) is 6.92. The van der Waals surface area contributed by atoms with Crippen LogP contribution in [0.4, 0.5) is 0 Å². The highest BCUT2D eigenvalue weighted by atomic mass is 28.1. The first kappa shape index (κ1) is 9.72. The molecule has 1 atom stereocenters. The van der Waals surface area contributed by atoms with Gasteiger partial charge in [0, 0.05) is 16.8 Å². The van der Waals surface area contributed by atoms with Crippen molar-refractivity contribution in [3.8, 4) is 0 Å². The van der Waals surface area contributed by atoms with Crippen LogP contribution in [0, 0.1) is 5.41 Å². The summed E-state index contributed by atoms with van der Waals surface area (Å²) in [7, 11) is 1.22. The van der Waals surface area contributed by atoms with E-state index in [0.29, 0.717) is 10.6 Å². The van der Waals surface area contributed by atoms with Gasteiger partial charge in [-0.1, -0.05) is 19.8 Å². The third kappa shape index (κ3) is 1.59. The van der Waals surface area contributed by atoms with Crippen LogP contribution in [0.25, 0.3) is 0 Å². The van der Waals surface area contributed by atoms with Crippen molar-refractivity contribution in [2.45, 2.75) is 57.1 Å². The number of hydrogen-bond donors (Lipinski definition) is 0. The third-order valence-corrected chi connectivity index (χ3v) is 6.45. The minimum atomic E-state index is 0.335. The molecule has 1 unspecified atom stereocenters. The zero-order valence-corrected chi connectivity index (χ0v) is 11.1. The lowest BCUT2D eigenvalue weighted by Crippen LogP contribution is -2.50. The highest BCUT2D eigenvalue weighted by Crippen LogP contribution is 2.49. The molecule has 0 amide bonds. The molecule has 2 aliphatic rings. The van der Waals surface area contributed by atoms with E-state index in [0.717, 1.165) is 6.61 Å². The number of hydrogen-bond acceptors (Lipinski definition) is 1. The van der Waals surface area contributed by atoms with Crippen LogP contribution in [0.15, 0.2) is 0 Å². The van der Waals surface area contributed by atoms with Crippen molar-refractivity contribution in [1.29, 1.82) is 0 Å². The molecule has 1 saturated heterocycles. The number of ether oxygens (including phenoxy) is 1. The summed E-state index contributed by atoms with van der Waals surface area (Å²) in [5.74, 6) is 0. The van der Waals surface area contributed by atoms with Gasteiger partial charge < -0.3 is 4.74 Å². The second kappa shape index (κ2) is 3.39. The van der Waals surface area contributed by atoms with Gasteiger partial charge in [-0.15, -0.1) is 0 Å². The van der Waals surface area contributed by atoms with Crippen molar-refractivity contribution in [2.24, 2.45) is 5.41 Å². The highest BCUT2D eigenvalue weighted by Gasteiger charge is 2.47. The first-order valence-corrected chi connectivity index (χ1v) is 6.80. The summed E-state index contributed by atoms with van der Waals surface area (Å²) in [6.45, 7) is 3.50. The molecule has 2 fully saturated rings. The van der Waals surface area contributed by atoms with Gasteiger partial charge in [-0.3, -0.25) is 0 Å². The van der Waals surface area contributed by atoms with Crippen LogP contribution < -0.4 is 0 Å². The average Bonchev–Trinajstić information content (AvgIpc) is 2.55. The molecule has 1 aliphatic heterocycles. The van der Waals surface area contributed by atoms with Crippen LogP contribution in [0.3, 0.4) is 0 Å². The van der Waals surface area contributed by atoms with Gasteiger partial charge in [0.05, 0.1) is 5.22 Å². The molecule has 1 heterocycles. The van der Waals surface area contributed by atoms with Crippen molar-refractivity contribution in [3.05, 3.63) is 0 Å². The van der Waals surface area contributed by atoms with E-state index < -0.39 is 0 Å². The standard InChI is InChI=1S/C11H22OSi/c1-10(6-2-3-7-10)11(13)8-4-5-9-12-11/h2-9H2,1,13H3. The van der Waals surface area contributed by atoms with Crippen LogP contribution in [0.1, 0.15) is 51.9 Å². The summed E-state index contributed by atoms with van der Waals surface area (Å²) in [5.41, 5.74) is 0.541. The average molecular weight is 198 g/mol. The lowest BCUT2D eigenvalue weighted by atomic mass is 9.78. The Labute approximate surface area is 84.7 Å².